The molecule has 1 aliphatic rings. The molecule has 0 saturated carbocycles. The number of methoxy groups -OCH3 is 1. The van der Waals surface area contributed by atoms with Crippen LogP contribution in [0, 0.1) is 0 Å². The number of sulfonamides is 1. The maximum atomic E-state index is 12.9. The van der Waals surface area contributed by atoms with E-state index in [1.807, 2.05) is 0 Å². The first-order chi connectivity index (χ1) is 11.0. The van der Waals surface area contributed by atoms with Gasteiger partial charge in [0.15, 0.2) is 0 Å². The standard InChI is InChI=1S/C16H22N2O4S/c1-17-16(19)9-7-13-6-8-14(22-2)15(12-13)23(20,21)18-10-4-3-5-11-18/h6-9,12H,3-5,10-11H2,1-2H3,(H,17,19)/b9-7+. The lowest BCUT2D eigenvalue weighted by Gasteiger charge is -2.26. The lowest BCUT2D eigenvalue weighted by molar-refractivity contribution is -0.115. The highest BCUT2D eigenvalue weighted by molar-refractivity contribution is 7.89. The zero-order valence-corrected chi connectivity index (χ0v) is 14.2. The van der Waals surface area contributed by atoms with Crippen molar-refractivity contribution in [3.63, 3.8) is 0 Å². The van der Waals surface area contributed by atoms with Crippen LogP contribution in [0.25, 0.3) is 6.08 Å². The summed E-state index contributed by atoms with van der Waals surface area (Å²) in [6, 6.07) is 4.87. The molecule has 1 aliphatic heterocycles. The van der Waals surface area contributed by atoms with Gasteiger partial charge in [-0.25, -0.2) is 8.42 Å². The summed E-state index contributed by atoms with van der Waals surface area (Å²) in [5.74, 6) is 0.0638. The lowest BCUT2D eigenvalue weighted by atomic mass is 10.2. The first kappa shape index (κ1) is 17.5. The van der Waals surface area contributed by atoms with Crippen molar-refractivity contribution < 1.29 is 17.9 Å². The van der Waals surface area contributed by atoms with E-state index in [9.17, 15) is 13.2 Å². The van der Waals surface area contributed by atoms with Crippen molar-refractivity contribution >= 4 is 22.0 Å². The van der Waals surface area contributed by atoms with Gasteiger partial charge in [-0.2, -0.15) is 4.31 Å². The van der Waals surface area contributed by atoms with Crippen LogP contribution in [0.3, 0.4) is 0 Å². The molecule has 126 valence electrons. The number of carbonyl (C=O) groups is 1. The van der Waals surface area contributed by atoms with E-state index < -0.39 is 10.0 Å². The second-order valence-electron chi connectivity index (χ2n) is 5.32. The first-order valence-electron chi connectivity index (χ1n) is 7.57. The fourth-order valence-corrected chi connectivity index (χ4v) is 4.21. The third-order valence-electron chi connectivity index (χ3n) is 3.79. The number of benzene rings is 1. The number of amides is 1. The van der Waals surface area contributed by atoms with Crippen LogP contribution in [0.1, 0.15) is 24.8 Å². The van der Waals surface area contributed by atoms with Crippen LogP contribution in [-0.2, 0) is 14.8 Å². The van der Waals surface area contributed by atoms with Gasteiger partial charge in [0.05, 0.1) is 7.11 Å². The molecule has 1 amide bonds. The van der Waals surface area contributed by atoms with Gasteiger partial charge in [0.2, 0.25) is 15.9 Å². The Morgan fingerprint density at radius 3 is 2.57 bits per heavy atom. The summed E-state index contributed by atoms with van der Waals surface area (Å²) in [6.45, 7) is 1.06. The quantitative estimate of drug-likeness (QED) is 0.828. The minimum Gasteiger partial charge on any atom is -0.495 e. The first-order valence-corrected chi connectivity index (χ1v) is 9.01. The third-order valence-corrected chi connectivity index (χ3v) is 5.71. The molecule has 1 aromatic carbocycles. The van der Waals surface area contributed by atoms with E-state index in [-0.39, 0.29) is 10.8 Å². The summed E-state index contributed by atoms with van der Waals surface area (Å²) in [4.78, 5) is 11.4. The van der Waals surface area contributed by atoms with Crippen LogP contribution in [0.15, 0.2) is 29.2 Å². The van der Waals surface area contributed by atoms with Gasteiger partial charge in [-0.1, -0.05) is 12.5 Å². The SMILES string of the molecule is CNC(=O)/C=C/c1ccc(OC)c(S(=O)(=O)N2CCCCC2)c1. The second kappa shape index (κ2) is 7.61. The second-order valence-corrected chi connectivity index (χ2v) is 7.23. The fraction of sp³-hybridized carbons (Fsp3) is 0.438. The van der Waals surface area contributed by atoms with E-state index in [0.29, 0.717) is 24.4 Å². The Kier molecular flexibility index (Phi) is 5.79. The Labute approximate surface area is 137 Å². The molecule has 0 atom stereocenters. The smallest absolute Gasteiger partial charge is 0.246 e. The fourth-order valence-electron chi connectivity index (χ4n) is 2.50. The molecule has 0 radical (unpaired) electrons. The predicted octanol–water partition coefficient (Wildman–Crippen LogP) is 1.63. The molecule has 6 nitrogen and oxygen atoms in total. The summed E-state index contributed by atoms with van der Waals surface area (Å²) in [6.07, 6.45) is 5.74. The number of piperidine rings is 1. The van der Waals surface area contributed by atoms with Gasteiger partial charge in [-0.15, -0.1) is 0 Å². The van der Waals surface area contributed by atoms with Gasteiger partial charge in [-0.05, 0) is 36.6 Å². The van der Waals surface area contributed by atoms with E-state index >= 15 is 0 Å². The van der Waals surface area contributed by atoms with Gasteiger partial charge in [0.25, 0.3) is 0 Å². The van der Waals surface area contributed by atoms with Crippen molar-refractivity contribution in [2.24, 2.45) is 0 Å². The average Bonchev–Trinajstić information content (AvgIpc) is 2.60. The van der Waals surface area contributed by atoms with Crippen molar-refractivity contribution in [3.05, 3.63) is 29.8 Å². The molecule has 1 fully saturated rings. The number of nitrogens with one attached hydrogen (secondary N) is 1. The molecular weight excluding hydrogens is 316 g/mol. The van der Waals surface area contributed by atoms with E-state index in [0.717, 1.165) is 19.3 Å². The molecule has 2 rings (SSSR count). The highest BCUT2D eigenvalue weighted by Crippen LogP contribution is 2.29. The van der Waals surface area contributed by atoms with Crippen LogP contribution in [-0.4, -0.2) is 45.9 Å². The number of carbonyl (C=O) groups excluding carboxylic acids is 1. The third kappa shape index (κ3) is 4.11. The molecule has 23 heavy (non-hydrogen) atoms. The number of likely N-dealkylation sites (N-methyl/N-ethyl adjacent to an activating group) is 1. The molecule has 0 bridgehead atoms. The summed E-state index contributed by atoms with van der Waals surface area (Å²) in [5.41, 5.74) is 0.630. The van der Waals surface area contributed by atoms with Gasteiger partial charge in [-0.3, -0.25) is 4.79 Å². The van der Waals surface area contributed by atoms with Crippen molar-refractivity contribution in [2.45, 2.75) is 24.2 Å². The average molecular weight is 338 g/mol. The van der Waals surface area contributed by atoms with E-state index in [2.05, 4.69) is 5.32 Å². The van der Waals surface area contributed by atoms with Crippen molar-refractivity contribution in [1.82, 2.24) is 9.62 Å². The largest absolute Gasteiger partial charge is 0.495 e. The molecule has 0 aliphatic carbocycles. The van der Waals surface area contributed by atoms with E-state index in [1.54, 1.807) is 24.3 Å². The number of nitrogens with zero attached hydrogens (tertiary/aromatic N) is 1. The van der Waals surface area contributed by atoms with E-state index in [1.165, 1.54) is 24.5 Å². The minimum atomic E-state index is -3.60. The molecule has 0 unspecified atom stereocenters. The van der Waals surface area contributed by atoms with Crippen molar-refractivity contribution in [2.75, 3.05) is 27.2 Å². The Balaban J connectivity index is 2.38. The zero-order chi connectivity index (χ0) is 16.9. The van der Waals surface area contributed by atoms with Crippen molar-refractivity contribution in [1.29, 1.82) is 0 Å². The zero-order valence-electron chi connectivity index (χ0n) is 13.4. The summed E-state index contributed by atoms with van der Waals surface area (Å²) >= 11 is 0. The maximum Gasteiger partial charge on any atom is 0.246 e. The topological polar surface area (TPSA) is 75.7 Å². The Morgan fingerprint density at radius 1 is 1.26 bits per heavy atom. The summed E-state index contributed by atoms with van der Waals surface area (Å²) in [7, 11) is -0.614. The monoisotopic (exact) mass is 338 g/mol. The Hall–Kier alpha value is -1.86. The molecule has 1 saturated heterocycles. The van der Waals surface area contributed by atoms with E-state index in [4.69, 9.17) is 4.74 Å². The number of hydrogen-bond acceptors (Lipinski definition) is 4. The molecular formula is C16H22N2O4S. The van der Waals surface area contributed by atoms with Gasteiger partial charge < -0.3 is 10.1 Å². The van der Waals surface area contributed by atoms with Crippen LogP contribution in [0.5, 0.6) is 5.75 Å². The summed E-state index contributed by atoms with van der Waals surface area (Å²) in [5, 5.41) is 2.48. The molecule has 0 spiro atoms. The van der Waals surface area contributed by atoms with Crippen LogP contribution in [0.2, 0.25) is 0 Å². The molecule has 7 heteroatoms. The minimum absolute atomic E-state index is 0.140. The highest BCUT2D eigenvalue weighted by atomic mass is 32.2. The lowest BCUT2D eigenvalue weighted by Crippen LogP contribution is -2.35. The van der Waals surface area contributed by atoms with Crippen LogP contribution in [0.4, 0.5) is 0 Å². The molecule has 1 N–H and O–H groups in total. The predicted molar refractivity (Wildman–Crippen MR) is 88.7 cm³/mol. The van der Waals surface area contributed by atoms with Crippen LogP contribution < -0.4 is 10.1 Å². The normalized spacial score (nSPS) is 16.4. The number of hydrogen-bond donors (Lipinski definition) is 1. The number of ether oxygens (including phenoxy) is 1. The van der Waals surface area contributed by atoms with Gasteiger partial charge >= 0.3 is 0 Å². The van der Waals surface area contributed by atoms with Gasteiger partial charge in [0.1, 0.15) is 10.6 Å². The van der Waals surface area contributed by atoms with Crippen molar-refractivity contribution in [3.8, 4) is 5.75 Å². The molecule has 0 aromatic heterocycles. The Bertz CT molecular complexity index is 692. The van der Waals surface area contributed by atoms with Crippen LogP contribution >= 0.6 is 0 Å². The van der Waals surface area contributed by atoms with Gasteiger partial charge in [0, 0.05) is 26.2 Å². The maximum absolute atomic E-state index is 12.9. The number of rotatable bonds is 5. The highest BCUT2D eigenvalue weighted by Gasteiger charge is 2.28. The Morgan fingerprint density at radius 2 is 1.96 bits per heavy atom. The molecule has 1 heterocycles. The summed E-state index contributed by atoms with van der Waals surface area (Å²) < 4.78 is 32.4. The molecule has 1 aromatic rings.